The van der Waals surface area contributed by atoms with Crippen LogP contribution in [0, 0.1) is 0 Å². The van der Waals surface area contributed by atoms with Crippen LogP contribution in [0.1, 0.15) is 16.1 Å². The minimum absolute atomic E-state index is 0.0502. The van der Waals surface area contributed by atoms with Gasteiger partial charge in [0, 0.05) is 28.4 Å². The molecule has 0 saturated carbocycles. The van der Waals surface area contributed by atoms with Crippen LogP contribution in [-0.2, 0) is 16.6 Å². The number of furan rings is 1. The second-order valence-electron chi connectivity index (χ2n) is 6.30. The van der Waals surface area contributed by atoms with Gasteiger partial charge >= 0.3 is 0 Å². The third-order valence-corrected chi connectivity index (χ3v) is 6.50. The maximum absolute atomic E-state index is 12.5. The largest absolute Gasteiger partial charge is 0.468 e. The number of rotatable bonds is 7. The highest BCUT2D eigenvalue weighted by molar-refractivity contribution is 7.89. The highest BCUT2D eigenvalue weighted by Gasteiger charge is 2.15. The van der Waals surface area contributed by atoms with Gasteiger partial charge in [-0.25, -0.2) is 18.1 Å². The van der Waals surface area contributed by atoms with Gasteiger partial charge < -0.3 is 9.73 Å². The quantitative estimate of drug-likeness (QED) is 0.451. The van der Waals surface area contributed by atoms with Crippen molar-refractivity contribution in [3.63, 3.8) is 0 Å². The lowest BCUT2D eigenvalue weighted by atomic mass is 10.2. The number of aromatic nitrogens is 1. The van der Waals surface area contributed by atoms with Crippen molar-refractivity contribution in [3.05, 3.63) is 89.8 Å². The van der Waals surface area contributed by atoms with Crippen molar-refractivity contribution in [3.8, 4) is 10.6 Å². The standard InChI is InChI=1S/C21H17N3O4S2/c25-20(24-17-7-3-16(4-8-17)21-22-11-13-29-21)15-5-9-19(10-6-15)30(26,27)23-14-18-2-1-12-28-18/h1-13,23H,14H2,(H,24,25). The summed E-state index contributed by atoms with van der Waals surface area (Å²) < 4.78 is 32.3. The molecule has 4 aromatic rings. The average molecular weight is 440 g/mol. The predicted molar refractivity (Wildman–Crippen MR) is 115 cm³/mol. The van der Waals surface area contributed by atoms with Crippen LogP contribution in [0.3, 0.4) is 0 Å². The Morgan fingerprint density at radius 1 is 1.03 bits per heavy atom. The Kier molecular flexibility index (Phi) is 5.75. The van der Waals surface area contributed by atoms with Crippen molar-refractivity contribution in [1.82, 2.24) is 9.71 Å². The summed E-state index contributed by atoms with van der Waals surface area (Å²) in [6.07, 6.45) is 3.22. The van der Waals surface area contributed by atoms with Crippen molar-refractivity contribution in [1.29, 1.82) is 0 Å². The van der Waals surface area contributed by atoms with Crippen LogP contribution in [0.25, 0.3) is 10.6 Å². The molecular formula is C21H17N3O4S2. The van der Waals surface area contributed by atoms with Gasteiger partial charge in [-0.3, -0.25) is 4.79 Å². The SMILES string of the molecule is O=C(Nc1ccc(-c2nccs2)cc1)c1ccc(S(=O)(=O)NCc2ccco2)cc1. The highest BCUT2D eigenvalue weighted by Crippen LogP contribution is 2.23. The van der Waals surface area contributed by atoms with E-state index >= 15 is 0 Å². The normalized spacial score (nSPS) is 11.3. The lowest BCUT2D eigenvalue weighted by Gasteiger charge is -2.08. The molecule has 0 aliphatic heterocycles. The van der Waals surface area contributed by atoms with Crippen LogP contribution >= 0.6 is 11.3 Å². The monoisotopic (exact) mass is 439 g/mol. The molecular weight excluding hydrogens is 422 g/mol. The van der Waals surface area contributed by atoms with E-state index < -0.39 is 10.0 Å². The number of anilines is 1. The maximum Gasteiger partial charge on any atom is 0.255 e. The van der Waals surface area contributed by atoms with E-state index in [0.717, 1.165) is 10.6 Å². The first kappa shape index (κ1) is 20.0. The van der Waals surface area contributed by atoms with Crippen LogP contribution in [0.2, 0.25) is 0 Å². The molecule has 0 saturated heterocycles. The van der Waals surface area contributed by atoms with E-state index in [1.807, 2.05) is 17.5 Å². The van der Waals surface area contributed by atoms with E-state index in [4.69, 9.17) is 4.42 Å². The van der Waals surface area contributed by atoms with Crippen LogP contribution in [-0.4, -0.2) is 19.3 Å². The molecule has 0 fully saturated rings. The molecule has 2 heterocycles. The lowest BCUT2D eigenvalue weighted by molar-refractivity contribution is 0.102. The number of hydrogen-bond donors (Lipinski definition) is 2. The van der Waals surface area contributed by atoms with Gasteiger partial charge in [0.1, 0.15) is 10.8 Å². The molecule has 7 nitrogen and oxygen atoms in total. The average Bonchev–Trinajstić information content (AvgIpc) is 3.47. The molecule has 0 atom stereocenters. The van der Waals surface area contributed by atoms with E-state index in [9.17, 15) is 13.2 Å². The molecule has 0 bridgehead atoms. The summed E-state index contributed by atoms with van der Waals surface area (Å²) in [4.78, 5) is 16.8. The van der Waals surface area contributed by atoms with Crippen molar-refractivity contribution in [2.75, 3.05) is 5.32 Å². The fraction of sp³-hybridized carbons (Fsp3) is 0.0476. The van der Waals surface area contributed by atoms with Crippen molar-refractivity contribution >= 4 is 33.0 Å². The molecule has 9 heteroatoms. The smallest absolute Gasteiger partial charge is 0.255 e. The number of sulfonamides is 1. The number of nitrogens with one attached hydrogen (secondary N) is 2. The number of hydrogen-bond acceptors (Lipinski definition) is 6. The van der Waals surface area contributed by atoms with Crippen LogP contribution in [0.5, 0.6) is 0 Å². The third-order valence-electron chi connectivity index (χ3n) is 4.27. The Morgan fingerprint density at radius 3 is 2.43 bits per heavy atom. The van der Waals surface area contributed by atoms with E-state index in [-0.39, 0.29) is 17.3 Å². The van der Waals surface area contributed by atoms with Crippen molar-refractivity contribution in [2.24, 2.45) is 0 Å². The topological polar surface area (TPSA) is 101 Å². The zero-order valence-electron chi connectivity index (χ0n) is 15.6. The highest BCUT2D eigenvalue weighted by atomic mass is 32.2. The molecule has 152 valence electrons. The summed E-state index contributed by atoms with van der Waals surface area (Å²) in [7, 11) is -3.71. The second kappa shape index (κ2) is 8.62. The van der Waals surface area contributed by atoms with E-state index in [0.29, 0.717) is 17.0 Å². The van der Waals surface area contributed by atoms with E-state index in [1.54, 1.807) is 41.8 Å². The predicted octanol–water partition coefficient (Wildman–Crippen LogP) is 4.13. The van der Waals surface area contributed by atoms with Crippen LogP contribution in [0.4, 0.5) is 5.69 Å². The van der Waals surface area contributed by atoms with Gasteiger partial charge in [-0.2, -0.15) is 0 Å². The molecule has 0 aliphatic rings. The molecule has 0 unspecified atom stereocenters. The molecule has 0 spiro atoms. The Hall–Kier alpha value is -3.27. The summed E-state index contributed by atoms with van der Waals surface area (Å²) in [5.74, 6) is 0.181. The van der Waals surface area contributed by atoms with Gasteiger partial charge in [-0.15, -0.1) is 11.3 Å². The molecule has 0 aliphatic carbocycles. The summed E-state index contributed by atoms with van der Waals surface area (Å²) in [5.41, 5.74) is 1.96. The molecule has 2 aromatic carbocycles. The van der Waals surface area contributed by atoms with Gasteiger partial charge in [-0.05, 0) is 60.7 Å². The van der Waals surface area contributed by atoms with Gasteiger partial charge in [0.15, 0.2) is 0 Å². The third kappa shape index (κ3) is 4.65. The number of nitrogens with zero attached hydrogens (tertiary/aromatic N) is 1. The van der Waals surface area contributed by atoms with E-state index in [2.05, 4.69) is 15.0 Å². The van der Waals surface area contributed by atoms with Crippen molar-refractivity contribution in [2.45, 2.75) is 11.4 Å². The Labute approximate surface area is 177 Å². The van der Waals surface area contributed by atoms with Gasteiger partial charge in [-0.1, -0.05) is 0 Å². The maximum atomic E-state index is 12.5. The fourth-order valence-electron chi connectivity index (χ4n) is 2.71. The number of amides is 1. The van der Waals surface area contributed by atoms with Gasteiger partial charge in [0.05, 0.1) is 17.7 Å². The van der Waals surface area contributed by atoms with Crippen molar-refractivity contribution < 1.29 is 17.6 Å². The van der Waals surface area contributed by atoms with E-state index in [1.165, 1.54) is 30.5 Å². The number of benzene rings is 2. The minimum atomic E-state index is -3.71. The summed E-state index contributed by atoms with van der Waals surface area (Å²) in [5, 5.41) is 5.61. The Balaban J connectivity index is 1.40. The minimum Gasteiger partial charge on any atom is -0.468 e. The zero-order valence-corrected chi connectivity index (χ0v) is 17.2. The Bertz CT molecular complexity index is 1220. The Morgan fingerprint density at radius 2 is 1.80 bits per heavy atom. The molecule has 4 rings (SSSR count). The first-order valence-electron chi connectivity index (χ1n) is 8.95. The zero-order chi connectivity index (χ0) is 21.0. The molecule has 1 amide bonds. The first-order chi connectivity index (χ1) is 14.5. The summed E-state index contributed by atoms with van der Waals surface area (Å²) >= 11 is 1.54. The molecule has 0 radical (unpaired) electrons. The van der Waals surface area contributed by atoms with Gasteiger partial charge in [0.2, 0.25) is 10.0 Å². The van der Waals surface area contributed by atoms with Crippen LogP contribution in [0.15, 0.2) is 87.8 Å². The van der Waals surface area contributed by atoms with Crippen LogP contribution < -0.4 is 10.0 Å². The summed E-state index contributed by atoms with van der Waals surface area (Å²) in [6, 6.07) is 16.5. The fourth-order valence-corrected chi connectivity index (χ4v) is 4.35. The lowest BCUT2D eigenvalue weighted by Crippen LogP contribution is -2.23. The number of carbonyl (C=O) groups is 1. The molecule has 2 aromatic heterocycles. The van der Waals surface area contributed by atoms with Gasteiger partial charge in [0.25, 0.3) is 5.91 Å². The summed E-state index contributed by atoms with van der Waals surface area (Å²) in [6.45, 7) is 0.0502. The number of thiazole rings is 1. The molecule has 2 N–H and O–H groups in total. The number of carbonyl (C=O) groups excluding carboxylic acids is 1. The molecule has 30 heavy (non-hydrogen) atoms. The second-order valence-corrected chi connectivity index (χ2v) is 8.96. The first-order valence-corrected chi connectivity index (χ1v) is 11.3.